The fourth-order valence-corrected chi connectivity index (χ4v) is 2.14. The van der Waals surface area contributed by atoms with Gasteiger partial charge in [0.1, 0.15) is 0 Å². The van der Waals surface area contributed by atoms with Gasteiger partial charge in [-0.1, -0.05) is 30.3 Å². The van der Waals surface area contributed by atoms with Crippen molar-refractivity contribution in [2.24, 2.45) is 5.73 Å². The number of hydrogen-bond donors (Lipinski definition) is 2. The second kappa shape index (κ2) is 6.24. The van der Waals surface area contributed by atoms with Gasteiger partial charge in [0.2, 0.25) is 5.91 Å². The lowest BCUT2D eigenvalue weighted by Crippen LogP contribution is -2.13. The van der Waals surface area contributed by atoms with Gasteiger partial charge < -0.3 is 11.1 Å². The third kappa shape index (κ3) is 3.60. The van der Waals surface area contributed by atoms with E-state index in [0.717, 1.165) is 17.8 Å². The summed E-state index contributed by atoms with van der Waals surface area (Å²) in [6.45, 7) is 5.06. The topological polar surface area (TPSA) is 55.1 Å². The first-order valence-electron chi connectivity index (χ1n) is 6.72. The van der Waals surface area contributed by atoms with Crippen LogP contribution in [0.15, 0.2) is 42.5 Å². The average molecular weight is 268 g/mol. The quantitative estimate of drug-likeness (QED) is 0.876. The highest BCUT2D eigenvalue weighted by Crippen LogP contribution is 2.16. The molecule has 0 fully saturated rings. The highest BCUT2D eigenvalue weighted by Gasteiger charge is 2.01. The molecular weight excluding hydrogens is 248 g/mol. The summed E-state index contributed by atoms with van der Waals surface area (Å²) in [6, 6.07) is 14.1. The Morgan fingerprint density at radius 3 is 2.45 bits per heavy atom. The van der Waals surface area contributed by atoms with Crippen molar-refractivity contribution < 1.29 is 4.79 Å². The highest BCUT2D eigenvalue weighted by molar-refractivity contribution is 5.76. The van der Waals surface area contributed by atoms with E-state index in [1.807, 2.05) is 24.3 Å². The third-order valence-corrected chi connectivity index (χ3v) is 3.53. The van der Waals surface area contributed by atoms with Crippen molar-refractivity contribution >= 4 is 11.6 Å². The number of carbonyl (C=O) groups is 1. The van der Waals surface area contributed by atoms with Gasteiger partial charge in [-0.3, -0.25) is 4.79 Å². The number of hydrogen-bond acceptors (Lipinski definition) is 2. The fourth-order valence-electron chi connectivity index (χ4n) is 2.14. The molecule has 2 rings (SSSR count). The number of primary amides is 1. The lowest BCUT2D eigenvalue weighted by atomic mass is 10.0. The minimum Gasteiger partial charge on any atom is -0.381 e. The van der Waals surface area contributed by atoms with Gasteiger partial charge in [0.15, 0.2) is 0 Å². The number of carbonyl (C=O) groups excluding carboxylic acids is 1. The molecule has 0 atom stereocenters. The van der Waals surface area contributed by atoms with E-state index in [0.29, 0.717) is 0 Å². The standard InChI is InChI=1S/C17H20N2O/c1-12-4-3-5-15(13(12)2)11-19-16-8-6-14(7-9-16)10-17(18)20/h3-9,19H,10-11H2,1-2H3,(H2,18,20). The summed E-state index contributed by atoms with van der Waals surface area (Å²) in [4.78, 5) is 10.8. The molecule has 3 heteroatoms. The minimum absolute atomic E-state index is 0.289. The fraction of sp³-hybridized carbons (Fsp3) is 0.235. The van der Waals surface area contributed by atoms with Crippen LogP contribution in [-0.4, -0.2) is 5.91 Å². The second-order valence-electron chi connectivity index (χ2n) is 5.05. The Balaban J connectivity index is 2.00. The summed E-state index contributed by atoms with van der Waals surface area (Å²) in [5, 5.41) is 3.39. The molecule has 0 aliphatic carbocycles. The molecular formula is C17H20N2O. The van der Waals surface area contributed by atoms with Crippen molar-refractivity contribution in [2.45, 2.75) is 26.8 Å². The Labute approximate surface area is 119 Å². The van der Waals surface area contributed by atoms with Crippen LogP contribution in [0.3, 0.4) is 0 Å². The van der Waals surface area contributed by atoms with E-state index in [9.17, 15) is 4.79 Å². The van der Waals surface area contributed by atoms with Crippen LogP contribution >= 0.6 is 0 Å². The molecule has 0 radical (unpaired) electrons. The van der Waals surface area contributed by atoms with E-state index in [4.69, 9.17) is 5.73 Å². The molecule has 0 saturated carbocycles. The monoisotopic (exact) mass is 268 g/mol. The van der Waals surface area contributed by atoms with Crippen LogP contribution in [-0.2, 0) is 17.8 Å². The van der Waals surface area contributed by atoms with Crippen molar-refractivity contribution in [3.63, 3.8) is 0 Å². The molecule has 0 aliphatic rings. The van der Waals surface area contributed by atoms with E-state index in [1.54, 1.807) is 0 Å². The molecule has 0 spiro atoms. The predicted molar refractivity (Wildman–Crippen MR) is 82.6 cm³/mol. The van der Waals surface area contributed by atoms with E-state index in [2.05, 4.69) is 37.4 Å². The van der Waals surface area contributed by atoms with Gasteiger partial charge in [0.25, 0.3) is 0 Å². The van der Waals surface area contributed by atoms with Crippen LogP contribution < -0.4 is 11.1 Å². The van der Waals surface area contributed by atoms with Crippen LogP contribution in [0.1, 0.15) is 22.3 Å². The highest BCUT2D eigenvalue weighted by atomic mass is 16.1. The SMILES string of the molecule is Cc1cccc(CNc2ccc(CC(N)=O)cc2)c1C. The number of benzene rings is 2. The Bertz CT molecular complexity index is 603. The number of aryl methyl sites for hydroxylation is 1. The molecule has 2 aromatic rings. The van der Waals surface area contributed by atoms with Gasteiger partial charge >= 0.3 is 0 Å². The molecule has 0 bridgehead atoms. The molecule has 20 heavy (non-hydrogen) atoms. The van der Waals surface area contributed by atoms with Crippen molar-refractivity contribution in [1.29, 1.82) is 0 Å². The van der Waals surface area contributed by atoms with Gasteiger partial charge in [0, 0.05) is 12.2 Å². The van der Waals surface area contributed by atoms with E-state index in [1.165, 1.54) is 16.7 Å². The number of nitrogens with two attached hydrogens (primary N) is 1. The lowest BCUT2D eigenvalue weighted by Gasteiger charge is -2.11. The molecule has 0 aromatic heterocycles. The van der Waals surface area contributed by atoms with Crippen LogP contribution in [0, 0.1) is 13.8 Å². The largest absolute Gasteiger partial charge is 0.381 e. The zero-order valence-electron chi connectivity index (χ0n) is 11.9. The van der Waals surface area contributed by atoms with Gasteiger partial charge in [-0.15, -0.1) is 0 Å². The summed E-state index contributed by atoms with van der Waals surface area (Å²) in [5.74, 6) is -0.305. The van der Waals surface area contributed by atoms with Crippen LogP contribution in [0.25, 0.3) is 0 Å². The maximum Gasteiger partial charge on any atom is 0.221 e. The molecule has 0 saturated heterocycles. The van der Waals surface area contributed by atoms with Gasteiger partial charge in [0.05, 0.1) is 6.42 Å². The smallest absolute Gasteiger partial charge is 0.221 e. The Hall–Kier alpha value is -2.29. The summed E-state index contributed by atoms with van der Waals surface area (Å²) in [5.41, 5.74) is 11.1. The first kappa shape index (κ1) is 14.1. The van der Waals surface area contributed by atoms with E-state index in [-0.39, 0.29) is 12.3 Å². The molecule has 3 N–H and O–H groups in total. The molecule has 104 valence electrons. The number of amides is 1. The zero-order valence-corrected chi connectivity index (χ0v) is 11.9. The summed E-state index contributed by atoms with van der Waals surface area (Å²) in [7, 11) is 0. The maximum absolute atomic E-state index is 10.8. The normalized spacial score (nSPS) is 10.3. The second-order valence-corrected chi connectivity index (χ2v) is 5.05. The van der Waals surface area contributed by atoms with Gasteiger partial charge in [-0.25, -0.2) is 0 Å². The van der Waals surface area contributed by atoms with Gasteiger partial charge in [-0.05, 0) is 48.2 Å². The van der Waals surface area contributed by atoms with E-state index >= 15 is 0 Å². The van der Waals surface area contributed by atoms with Crippen molar-refractivity contribution in [3.05, 3.63) is 64.7 Å². The maximum atomic E-state index is 10.8. The Morgan fingerprint density at radius 2 is 1.80 bits per heavy atom. The number of nitrogens with one attached hydrogen (secondary N) is 1. The molecule has 0 unspecified atom stereocenters. The van der Waals surface area contributed by atoms with Crippen LogP contribution in [0.5, 0.6) is 0 Å². The molecule has 0 heterocycles. The van der Waals surface area contributed by atoms with Crippen molar-refractivity contribution in [1.82, 2.24) is 0 Å². The number of anilines is 1. The Kier molecular flexibility index (Phi) is 4.41. The summed E-state index contributed by atoms with van der Waals surface area (Å²) < 4.78 is 0. The minimum atomic E-state index is -0.305. The first-order valence-corrected chi connectivity index (χ1v) is 6.72. The predicted octanol–water partition coefficient (Wildman–Crippen LogP) is 2.94. The molecule has 1 amide bonds. The summed E-state index contributed by atoms with van der Waals surface area (Å²) in [6.07, 6.45) is 0.289. The van der Waals surface area contributed by atoms with Crippen molar-refractivity contribution in [2.75, 3.05) is 5.32 Å². The van der Waals surface area contributed by atoms with E-state index < -0.39 is 0 Å². The van der Waals surface area contributed by atoms with Crippen LogP contribution in [0.2, 0.25) is 0 Å². The Morgan fingerprint density at radius 1 is 1.10 bits per heavy atom. The first-order chi connectivity index (χ1) is 9.56. The third-order valence-electron chi connectivity index (χ3n) is 3.53. The molecule has 0 aliphatic heterocycles. The zero-order chi connectivity index (χ0) is 14.5. The average Bonchev–Trinajstić information content (AvgIpc) is 2.41. The summed E-state index contributed by atoms with van der Waals surface area (Å²) >= 11 is 0. The van der Waals surface area contributed by atoms with Crippen molar-refractivity contribution in [3.8, 4) is 0 Å². The molecule has 2 aromatic carbocycles. The molecule has 3 nitrogen and oxygen atoms in total. The number of rotatable bonds is 5. The lowest BCUT2D eigenvalue weighted by molar-refractivity contribution is -0.117. The van der Waals surface area contributed by atoms with Crippen LogP contribution in [0.4, 0.5) is 5.69 Å². The van der Waals surface area contributed by atoms with Gasteiger partial charge in [-0.2, -0.15) is 0 Å².